The van der Waals surface area contributed by atoms with Crippen LogP contribution in [-0.4, -0.2) is 67.8 Å². The first kappa shape index (κ1) is 24.8. The van der Waals surface area contributed by atoms with Gasteiger partial charge in [0.2, 0.25) is 11.8 Å². The van der Waals surface area contributed by atoms with Gasteiger partial charge in [-0.3, -0.25) is 29.3 Å². The summed E-state index contributed by atoms with van der Waals surface area (Å²) in [5.41, 5.74) is 0.311. The summed E-state index contributed by atoms with van der Waals surface area (Å²) in [6.07, 6.45) is 5.08. The average Bonchev–Trinajstić information content (AvgIpc) is 3.37. The minimum atomic E-state index is -0.906. The first-order valence-electron chi connectivity index (χ1n) is 11.5. The van der Waals surface area contributed by atoms with E-state index in [-0.39, 0.29) is 54.6 Å². The Hall–Kier alpha value is -4.33. The van der Waals surface area contributed by atoms with Crippen molar-refractivity contribution in [2.75, 3.05) is 26.2 Å². The Labute approximate surface area is 203 Å². The van der Waals surface area contributed by atoms with Gasteiger partial charge in [-0.25, -0.2) is 4.98 Å². The van der Waals surface area contributed by atoms with Crippen LogP contribution in [0.5, 0.6) is 0 Å². The molecule has 0 saturated heterocycles. The fourth-order valence-corrected chi connectivity index (χ4v) is 4.23. The second kappa shape index (κ2) is 10.9. The van der Waals surface area contributed by atoms with Crippen LogP contribution in [0.4, 0.5) is 5.69 Å². The first-order valence-corrected chi connectivity index (χ1v) is 11.5. The molecule has 0 aliphatic carbocycles. The largest absolute Gasteiger partial charge is 0.356 e. The topological polar surface area (TPSA) is 199 Å². The van der Waals surface area contributed by atoms with Crippen molar-refractivity contribution in [1.29, 1.82) is 0 Å². The summed E-state index contributed by atoms with van der Waals surface area (Å²) in [6.45, 7) is 1.36. The Morgan fingerprint density at radius 3 is 2.72 bits per heavy atom. The van der Waals surface area contributed by atoms with E-state index in [2.05, 4.69) is 30.6 Å². The molecule has 0 unspecified atom stereocenters. The number of nitro groups is 1. The van der Waals surface area contributed by atoms with E-state index in [9.17, 15) is 29.3 Å². The van der Waals surface area contributed by atoms with Gasteiger partial charge in [-0.05, 0) is 19.4 Å². The molecule has 5 N–H and O–H groups in total. The summed E-state index contributed by atoms with van der Waals surface area (Å²) in [5.74, 6) is -0.285. The Balaban J connectivity index is 1.29. The number of aromatic nitrogens is 4. The van der Waals surface area contributed by atoms with Crippen LogP contribution in [0, 0.1) is 10.1 Å². The van der Waals surface area contributed by atoms with Crippen molar-refractivity contribution in [3.05, 3.63) is 66.2 Å². The third-order valence-corrected chi connectivity index (χ3v) is 6.05. The molecule has 0 radical (unpaired) electrons. The fourth-order valence-electron chi connectivity index (χ4n) is 4.23. The molecule has 3 aromatic rings. The van der Waals surface area contributed by atoms with Crippen molar-refractivity contribution in [1.82, 2.24) is 35.5 Å². The van der Waals surface area contributed by atoms with Crippen molar-refractivity contribution in [2.45, 2.75) is 32.2 Å². The number of hydrogen-bond donors (Lipinski definition) is 5. The zero-order valence-electron chi connectivity index (χ0n) is 19.4. The van der Waals surface area contributed by atoms with Crippen LogP contribution in [0.15, 0.2) is 28.2 Å². The highest BCUT2D eigenvalue weighted by atomic mass is 16.6. The Morgan fingerprint density at radius 2 is 1.97 bits per heavy atom. The summed E-state index contributed by atoms with van der Waals surface area (Å²) in [7, 11) is 0. The lowest BCUT2D eigenvalue weighted by Gasteiger charge is -2.29. The Kier molecular flexibility index (Phi) is 7.53. The van der Waals surface area contributed by atoms with E-state index >= 15 is 0 Å². The normalized spacial score (nSPS) is 12.9. The smallest absolute Gasteiger partial charge is 0.314 e. The minimum Gasteiger partial charge on any atom is -0.356 e. The highest BCUT2D eigenvalue weighted by molar-refractivity contribution is 5.85. The molecule has 0 atom stereocenters. The molecule has 14 nitrogen and oxygen atoms in total. The number of imidazole rings is 1. The van der Waals surface area contributed by atoms with Crippen LogP contribution >= 0.6 is 0 Å². The standard InChI is InChI=1S/C22H26N8O6/c31-18(25-6-3-13-9-24-12-26-13)2-1-5-23-10-19(32)29-7-4-14-15(11-29)20-16(8-17(14)30(35)36)27-21(33)22(34)28-20/h8-9,12,23H,1-7,10-11H2,(H,24,26)(H,25,31)(H,27,33)(H,28,34). The third kappa shape index (κ3) is 5.66. The molecule has 1 aliphatic rings. The highest BCUT2D eigenvalue weighted by Gasteiger charge is 2.29. The molecule has 2 aromatic heterocycles. The van der Waals surface area contributed by atoms with E-state index < -0.39 is 16.0 Å². The van der Waals surface area contributed by atoms with Crippen molar-refractivity contribution in [3.63, 3.8) is 0 Å². The van der Waals surface area contributed by atoms with Crippen molar-refractivity contribution < 1.29 is 14.5 Å². The predicted octanol–water partition coefficient (Wildman–Crippen LogP) is -0.539. The number of nitrogens with zero attached hydrogens (tertiary/aromatic N) is 3. The second-order valence-corrected chi connectivity index (χ2v) is 8.46. The molecule has 1 aromatic carbocycles. The monoisotopic (exact) mass is 498 g/mol. The van der Waals surface area contributed by atoms with Crippen molar-refractivity contribution in [2.24, 2.45) is 0 Å². The second-order valence-electron chi connectivity index (χ2n) is 8.46. The van der Waals surface area contributed by atoms with Crippen molar-refractivity contribution in [3.8, 4) is 0 Å². The van der Waals surface area contributed by atoms with E-state index in [1.165, 1.54) is 6.07 Å². The van der Waals surface area contributed by atoms with Crippen LogP contribution in [0.2, 0.25) is 0 Å². The van der Waals surface area contributed by atoms with Gasteiger partial charge >= 0.3 is 11.1 Å². The molecule has 0 bridgehead atoms. The summed E-state index contributed by atoms with van der Waals surface area (Å²) in [4.78, 5) is 72.5. The molecule has 14 heteroatoms. The van der Waals surface area contributed by atoms with Crippen LogP contribution in [0.1, 0.15) is 29.7 Å². The van der Waals surface area contributed by atoms with E-state index in [1.807, 2.05) is 0 Å². The number of amides is 2. The molecule has 0 saturated carbocycles. The van der Waals surface area contributed by atoms with Crippen LogP contribution in [0.25, 0.3) is 11.0 Å². The fraction of sp³-hybridized carbons (Fsp3) is 0.409. The van der Waals surface area contributed by atoms with E-state index in [0.29, 0.717) is 43.5 Å². The third-order valence-electron chi connectivity index (χ3n) is 6.05. The maximum Gasteiger partial charge on any atom is 0.314 e. The Morgan fingerprint density at radius 1 is 1.17 bits per heavy atom. The van der Waals surface area contributed by atoms with Crippen LogP contribution < -0.4 is 21.8 Å². The molecule has 3 heterocycles. The van der Waals surface area contributed by atoms with E-state index in [1.54, 1.807) is 17.4 Å². The minimum absolute atomic E-state index is 0.0387. The zero-order chi connectivity index (χ0) is 25.7. The van der Waals surface area contributed by atoms with E-state index in [0.717, 1.165) is 5.69 Å². The molecule has 1 aliphatic heterocycles. The molecule has 0 spiro atoms. The van der Waals surface area contributed by atoms with Gasteiger partial charge in [0.15, 0.2) is 0 Å². The molecular weight excluding hydrogens is 472 g/mol. The number of hydrogen-bond acceptors (Lipinski definition) is 8. The maximum atomic E-state index is 12.7. The number of carbonyl (C=O) groups is 2. The number of H-pyrrole nitrogens is 3. The quantitative estimate of drug-likeness (QED) is 0.106. The zero-order valence-corrected chi connectivity index (χ0v) is 19.4. The van der Waals surface area contributed by atoms with Gasteiger partial charge in [-0.15, -0.1) is 0 Å². The Bertz CT molecular complexity index is 1390. The molecule has 2 amide bonds. The number of nitro benzene ring substituents is 1. The number of benzene rings is 1. The molecule has 4 rings (SSSR count). The number of rotatable bonds is 10. The van der Waals surface area contributed by atoms with Gasteiger partial charge in [0, 0.05) is 61.6 Å². The van der Waals surface area contributed by atoms with Crippen LogP contribution in [-0.2, 0) is 29.0 Å². The summed E-state index contributed by atoms with van der Waals surface area (Å²) in [5, 5.41) is 17.4. The molecule has 36 heavy (non-hydrogen) atoms. The summed E-state index contributed by atoms with van der Waals surface area (Å²) < 4.78 is 0. The van der Waals surface area contributed by atoms with E-state index in [4.69, 9.17) is 0 Å². The van der Waals surface area contributed by atoms with Gasteiger partial charge in [0.05, 0.1) is 28.8 Å². The summed E-state index contributed by atoms with van der Waals surface area (Å²) in [6, 6.07) is 1.23. The lowest BCUT2D eigenvalue weighted by Crippen LogP contribution is -2.42. The lowest BCUT2D eigenvalue weighted by atomic mass is 9.96. The number of carbonyl (C=O) groups excluding carboxylic acids is 2. The molecular formula is C22H26N8O6. The van der Waals surface area contributed by atoms with Crippen LogP contribution in [0.3, 0.4) is 0 Å². The predicted molar refractivity (Wildman–Crippen MR) is 128 cm³/mol. The highest BCUT2D eigenvalue weighted by Crippen LogP contribution is 2.32. The maximum absolute atomic E-state index is 12.7. The number of fused-ring (bicyclic) bond motifs is 3. The van der Waals surface area contributed by atoms with Gasteiger partial charge in [-0.1, -0.05) is 0 Å². The molecule has 190 valence electrons. The number of aromatic amines is 3. The van der Waals surface area contributed by atoms with Gasteiger partial charge in [0.1, 0.15) is 0 Å². The summed E-state index contributed by atoms with van der Waals surface area (Å²) >= 11 is 0. The SMILES string of the molecule is O=C(CCCNCC(=O)N1CCc2c([N+](=O)[O-])cc3[nH]c(=O)c(=O)[nH]c3c2C1)NCCc1cnc[nH]1. The lowest BCUT2D eigenvalue weighted by molar-refractivity contribution is -0.385. The van der Waals surface area contributed by atoms with Crippen molar-refractivity contribution >= 4 is 28.5 Å². The first-order chi connectivity index (χ1) is 17.3. The van der Waals surface area contributed by atoms with Gasteiger partial charge in [0.25, 0.3) is 5.69 Å². The molecule has 0 fully saturated rings. The van der Waals surface area contributed by atoms with Gasteiger partial charge in [-0.2, -0.15) is 0 Å². The average molecular weight is 499 g/mol. The number of nitrogens with one attached hydrogen (secondary N) is 5. The van der Waals surface area contributed by atoms with Gasteiger partial charge < -0.3 is 30.5 Å².